The molecule has 1 heterocycles. The van der Waals surface area contributed by atoms with E-state index < -0.39 is 0 Å². The third-order valence-electron chi connectivity index (χ3n) is 0.636. The molecule has 2 heteroatoms. The fourth-order valence-corrected chi connectivity index (χ4v) is 0.338. The second-order valence-electron chi connectivity index (χ2n) is 1.17. The van der Waals surface area contributed by atoms with Crippen LogP contribution < -0.4 is 0 Å². The Balaban J connectivity index is 2.47. The van der Waals surface area contributed by atoms with Crippen LogP contribution in [-0.2, 0) is 9.47 Å². The predicted molar refractivity (Wildman–Crippen MR) is 25.3 cm³/mol. The highest BCUT2D eigenvalue weighted by atomic mass is 16.7. The maximum Gasteiger partial charge on any atom is 0.276 e. The molecule has 38 valence electrons. The molecule has 0 fully saturated rings. The minimum atomic E-state index is 0.377. The van der Waals surface area contributed by atoms with Gasteiger partial charge in [-0.2, -0.15) is 0 Å². The van der Waals surface area contributed by atoms with Crippen LogP contribution in [0.1, 0.15) is 0 Å². The largest absolute Gasteiger partial charge is 0.461 e. The zero-order valence-electron chi connectivity index (χ0n) is 3.89. The lowest BCUT2D eigenvalue weighted by molar-refractivity contribution is 0.0817. The molecule has 0 saturated carbocycles. The monoisotopic (exact) mass is 98.0 g/mol. The van der Waals surface area contributed by atoms with Gasteiger partial charge in [0, 0.05) is 0 Å². The Hall–Kier alpha value is -0.920. The molecule has 0 atom stereocenters. The third-order valence-corrected chi connectivity index (χ3v) is 0.636. The molecule has 2 nitrogen and oxygen atoms in total. The third kappa shape index (κ3) is 0.961. The first-order valence-corrected chi connectivity index (χ1v) is 2.03. The molecule has 0 radical (unpaired) electrons. The van der Waals surface area contributed by atoms with Crippen molar-refractivity contribution in [3.05, 3.63) is 24.9 Å². The van der Waals surface area contributed by atoms with Crippen molar-refractivity contribution in [1.29, 1.82) is 0 Å². The van der Waals surface area contributed by atoms with Gasteiger partial charge in [0.1, 0.15) is 6.61 Å². The molecule has 1 aliphatic rings. The van der Waals surface area contributed by atoms with E-state index in [1.165, 1.54) is 0 Å². The highest BCUT2D eigenvalue weighted by molar-refractivity contribution is 4.85. The van der Waals surface area contributed by atoms with E-state index in [2.05, 4.69) is 11.3 Å². The van der Waals surface area contributed by atoms with Crippen LogP contribution >= 0.6 is 0 Å². The van der Waals surface area contributed by atoms with Gasteiger partial charge in [0.15, 0.2) is 0 Å². The number of ether oxygens (including phenoxy) is 2. The van der Waals surface area contributed by atoms with E-state index in [9.17, 15) is 0 Å². The molecule has 0 saturated heterocycles. The molecule has 1 aliphatic heterocycles. The first-order chi connectivity index (χ1) is 3.39. The number of rotatable bonds is 0. The van der Waals surface area contributed by atoms with Crippen LogP contribution in [0.25, 0.3) is 0 Å². The quantitative estimate of drug-likeness (QED) is 0.450. The van der Waals surface area contributed by atoms with Gasteiger partial charge in [-0.15, -0.1) is 0 Å². The van der Waals surface area contributed by atoms with E-state index >= 15 is 0 Å². The maximum absolute atomic E-state index is 4.77. The van der Waals surface area contributed by atoms with Gasteiger partial charge in [-0.05, 0) is 12.7 Å². The summed E-state index contributed by atoms with van der Waals surface area (Å²) in [6.07, 6.45) is 3.33. The molecule has 0 aromatic rings. The maximum atomic E-state index is 4.77. The summed E-state index contributed by atoms with van der Waals surface area (Å²) >= 11 is 0. The van der Waals surface area contributed by atoms with Gasteiger partial charge in [-0.1, -0.05) is 0 Å². The van der Waals surface area contributed by atoms with Crippen LogP contribution in [0.3, 0.4) is 0 Å². The Bertz CT molecular complexity index is 105. The summed E-state index contributed by atoms with van der Waals surface area (Å²) in [4.78, 5) is 0. The Morgan fingerprint density at radius 1 is 1.71 bits per heavy atom. The summed E-state index contributed by atoms with van der Waals surface area (Å²) in [6, 6.07) is 0. The smallest absolute Gasteiger partial charge is 0.276 e. The Morgan fingerprint density at radius 2 is 2.57 bits per heavy atom. The lowest BCUT2D eigenvalue weighted by Crippen LogP contribution is -1.97. The van der Waals surface area contributed by atoms with Crippen molar-refractivity contribution in [2.24, 2.45) is 0 Å². The second kappa shape index (κ2) is 1.69. The minimum Gasteiger partial charge on any atom is -0.461 e. The molecule has 0 unspecified atom stereocenters. The van der Waals surface area contributed by atoms with Gasteiger partial charge in [0.2, 0.25) is 0 Å². The van der Waals surface area contributed by atoms with E-state index in [0.717, 1.165) is 0 Å². The SMILES string of the molecule is C=C1OC=CCO1. The van der Waals surface area contributed by atoms with Gasteiger partial charge < -0.3 is 9.47 Å². The molecule has 1 rings (SSSR count). The summed E-state index contributed by atoms with van der Waals surface area (Å²) < 4.78 is 9.45. The van der Waals surface area contributed by atoms with E-state index in [4.69, 9.17) is 4.74 Å². The first kappa shape index (κ1) is 4.24. The summed E-state index contributed by atoms with van der Waals surface area (Å²) in [5.74, 6) is 0.377. The molecule has 0 amide bonds. The van der Waals surface area contributed by atoms with Crippen molar-refractivity contribution in [3.8, 4) is 0 Å². The molecule has 0 aromatic carbocycles. The lowest BCUT2D eigenvalue weighted by Gasteiger charge is -2.08. The minimum absolute atomic E-state index is 0.377. The number of hydrogen-bond acceptors (Lipinski definition) is 2. The van der Waals surface area contributed by atoms with Crippen molar-refractivity contribution in [3.63, 3.8) is 0 Å². The molecule has 0 N–H and O–H groups in total. The van der Waals surface area contributed by atoms with Gasteiger partial charge >= 0.3 is 0 Å². The zero-order chi connectivity index (χ0) is 5.11. The van der Waals surface area contributed by atoms with Crippen LogP contribution in [0.2, 0.25) is 0 Å². The standard InChI is InChI=1S/C5H6O2/c1-5-6-3-2-4-7-5/h2-3H,1,4H2. The average Bonchev–Trinajstić information content (AvgIpc) is 1.69. The topological polar surface area (TPSA) is 18.5 Å². The van der Waals surface area contributed by atoms with Crippen molar-refractivity contribution in [2.45, 2.75) is 0 Å². The molecule has 0 bridgehead atoms. The molecule has 7 heavy (non-hydrogen) atoms. The fraction of sp³-hybridized carbons (Fsp3) is 0.200. The normalized spacial score (nSPS) is 18.0. The van der Waals surface area contributed by atoms with Crippen LogP contribution in [0.5, 0.6) is 0 Å². The highest BCUT2D eigenvalue weighted by Gasteiger charge is 1.93. The van der Waals surface area contributed by atoms with Crippen molar-refractivity contribution < 1.29 is 9.47 Å². The fourth-order valence-electron chi connectivity index (χ4n) is 0.338. The lowest BCUT2D eigenvalue weighted by atomic mass is 10.6. The number of hydrogen-bond donors (Lipinski definition) is 0. The summed E-state index contributed by atoms with van der Waals surface area (Å²) in [6.45, 7) is 4.00. The summed E-state index contributed by atoms with van der Waals surface area (Å²) in [7, 11) is 0. The van der Waals surface area contributed by atoms with Crippen molar-refractivity contribution in [1.82, 2.24) is 0 Å². The average molecular weight is 98.1 g/mol. The zero-order valence-corrected chi connectivity index (χ0v) is 3.89. The second-order valence-corrected chi connectivity index (χ2v) is 1.17. The van der Waals surface area contributed by atoms with Gasteiger partial charge in [-0.25, -0.2) is 0 Å². The first-order valence-electron chi connectivity index (χ1n) is 2.03. The van der Waals surface area contributed by atoms with Gasteiger partial charge in [-0.3, -0.25) is 0 Å². The van der Waals surface area contributed by atoms with Crippen LogP contribution in [0.4, 0.5) is 0 Å². The molecular weight excluding hydrogens is 92.1 g/mol. The van der Waals surface area contributed by atoms with Crippen LogP contribution in [0.15, 0.2) is 24.9 Å². The van der Waals surface area contributed by atoms with Gasteiger partial charge in [0.05, 0.1) is 6.26 Å². The summed E-state index contributed by atoms with van der Waals surface area (Å²) in [5, 5.41) is 0. The Morgan fingerprint density at radius 3 is 2.86 bits per heavy atom. The predicted octanol–water partition coefficient (Wildman–Crippen LogP) is 1.02. The van der Waals surface area contributed by atoms with E-state index in [0.29, 0.717) is 12.6 Å². The van der Waals surface area contributed by atoms with E-state index in [1.807, 2.05) is 0 Å². The van der Waals surface area contributed by atoms with E-state index in [1.54, 1.807) is 12.3 Å². The molecule has 0 spiro atoms. The van der Waals surface area contributed by atoms with Crippen molar-refractivity contribution in [2.75, 3.05) is 6.61 Å². The van der Waals surface area contributed by atoms with Crippen molar-refractivity contribution >= 4 is 0 Å². The molecule has 0 aliphatic carbocycles. The summed E-state index contributed by atoms with van der Waals surface area (Å²) in [5.41, 5.74) is 0. The Labute approximate surface area is 42.0 Å². The van der Waals surface area contributed by atoms with Crippen LogP contribution in [0, 0.1) is 0 Å². The van der Waals surface area contributed by atoms with Gasteiger partial charge in [0.25, 0.3) is 5.95 Å². The Kier molecular flexibility index (Phi) is 1.02. The van der Waals surface area contributed by atoms with E-state index in [-0.39, 0.29) is 0 Å². The van der Waals surface area contributed by atoms with Crippen LogP contribution in [-0.4, -0.2) is 6.61 Å². The molecule has 0 aromatic heterocycles. The molecular formula is C5H6O2. The highest BCUT2D eigenvalue weighted by Crippen LogP contribution is 2.01.